The molecule has 0 radical (unpaired) electrons. The van der Waals surface area contributed by atoms with Gasteiger partial charge in [0.15, 0.2) is 5.76 Å². The van der Waals surface area contributed by atoms with Gasteiger partial charge in [-0.15, -0.1) is 5.06 Å². The maximum absolute atomic E-state index is 6.44. The van der Waals surface area contributed by atoms with Crippen molar-refractivity contribution in [1.82, 2.24) is 15.2 Å². The van der Waals surface area contributed by atoms with Crippen molar-refractivity contribution >= 4 is 11.3 Å². The van der Waals surface area contributed by atoms with E-state index in [2.05, 4.69) is 49.1 Å². The van der Waals surface area contributed by atoms with Crippen molar-refractivity contribution < 1.29 is 18.8 Å². The molecule has 1 aliphatic heterocycles. The number of nitrogens with zero attached hydrogens (tertiary/aromatic N) is 3. The van der Waals surface area contributed by atoms with E-state index in [0.29, 0.717) is 49.5 Å². The van der Waals surface area contributed by atoms with Crippen LogP contribution in [0.2, 0.25) is 0 Å². The molecule has 0 atom stereocenters. The molecule has 0 spiro atoms. The highest BCUT2D eigenvalue weighted by atomic mass is 16.7. The highest BCUT2D eigenvalue weighted by molar-refractivity contribution is 5.89. The number of aryl methyl sites for hydroxylation is 1. The van der Waals surface area contributed by atoms with Gasteiger partial charge in [-0.25, -0.2) is 0 Å². The van der Waals surface area contributed by atoms with Crippen molar-refractivity contribution in [3.63, 3.8) is 0 Å². The first-order valence-corrected chi connectivity index (χ1v) is 13.0. The Balaban J connectivity index is 1.59. The zero-order valence-electron chi connectivity index (χ0n) is 22.3. The van der Waals surface area contributed by atoms with Crippen molar-refractivity contribution in [1.29, 1.82) is 0 Å². The van der Waals surface area contributed by atoms with Crippen LogP contribution in [0, 0.1) is 6.92 Å². The number of hydrogen-bond donors (Lipinski definition) is 0. The molecule has 0 fully saturated rings. The second-order valence-corrected chi connectivity index (χ2v) is 9.58. The van der Waals surface area contributed by atoms with E-state index in [1.165, 1.54) is 0 Å². The van der Waals surface area contributed by atoms with E-state index in [1.807, 2.05) is 59.7 Å². The van der Waals surface area contributed by atoms with E-state index in [-0.39, 0.29) is 5.92 Å². The lowest BCUT2D eigenvalue weighted by atomic mass is 9.96. The predicted octanol–water partition coefficient (Wildman–Crippen LogP) is 6.79. The summed E-state index contributed by atoms with van der Waals surface area (Å²) in [7, 11) is 0. The van der Waals surface area contributed by atoms with Gasteiger partial charge in [0.25, 0.3) is 0 Å². The zero-order valence-corrected chi connectivity index (χ0v) is 22.3. The second kappa shape index (κ2) is 11.5. The third-order valence-corrected chi connectivity index (χ3v) is 6.43. The molecule has 3 aromatic carbocycles. The highest BCUT2D eigenvalue weighted by Gasteiger charge is 2.31. The van der Waals surface area contributed by atoms with Crippen molar-refractivity contribution in [3.05, 3.63) is 107 Å². The first-order valence-electron chi connectivity index (χ1n) is 13.0. The Labute approximate surface area is 223 Å². The minimum absolute atomic E-state index is 0.211. The van der Waals surface area contributed by atoms with Crippen LogP contribution < -0.4 is 9.47 Å². The minimum atomic E-state index is 0.211. The Morgan fingerprint density at radius 3 is 2.08 bits per heavy atom. The molecule has 0 bridgehead atoms. The lowest BCUT2D eigenvalue weighted by Crippen LogP contribution is -2.18. The number of aromatic nitrogens is 2. The van der Waals surface area contributed by atoms with Gasteiger partial charge in [0.1, 0.15) is 24.7 Å². The van der Waals surface area contributed by atoms with Crippen LogP contribution >= 0.6 is 0 Å². The summed E-state index contributed by atoms with van der Waals surface area (Å²) < 4.78 is 18.1. The molecule has 4 aromatic rings. The average molecular weight is 512 g/mol. The Kier molecular flexibility index (Phi) is 7.75. The van der Waals surface area contributed by atoms with Crippen molar-refractivity contribution in [2.75, 3.05) is 13.1 Å². The van der Waals surface area contributed by atoms with Crippen LogP contribution in [0.15, 0.2) is 77.3 Å². The first-order chi connectivity index (χ1) is 18.5. The Morgan fingerprint density at radius 2 is 1.53 bits per heavy atom. The maximum Gasteiger partial charge on any atom is 0.223 e. The molecular formula is C31H33N3O4. The first kappa shape index (κ1) is 25.5. The van der Waals surface area contributed by atoms with E-state index >= 15 is 0 Å². The topological polar surface area (TPSA) is 69.9 Å². The van der Waals surface area contributed by atoms with E-state index in [1.54, 1.807) is 6.92 Å². The normalized spacial score (nSPS) is 13.7. The minimum Gasteiger partial charge on any atom is -0.488 e. The molecule has 0 unspecified atom stereocenters. The van der Waals surface area contributed by atoms with E-state index < -0.39 is 0 Å². The largest absolute Gasteiger partial charge is 0.488 e. The number of ether oxygens (including phenoxy) is 2. The molecule has 38 heavy (non-hydrogen) atoms. The predicted molar refractivity (Wildman–Crippen MR) is 146 cm³/mol. The molecule has 0 aliphatic carbocycles. The summed E-state index contributed by atoms with van der Waals surface area (Å²) in [4.78, 5) is 10.8. The average Bonchev–Trinajstić information content (AvgIpc) is 3.57. The fourth-order valence-corrected chi connectivity index (χ4v) is 4.37. The third kappa shape index (κ3) is 5.73. The Hall–Kier alpha value is -4.10. The molecule has 2 heterocycles. The van der Waals surface area contributed by atoms with Crippen molar-refractivity contribution in [2.45, 2.75) is 46.8 Å². The van der Waals surface area contributed by atoms with Gasteiger partial charge >= 0.3 is 0 Å². The summed E-state index contributed by atoms with van der Waals surface area (Å²) in [5, 5.41) is 6.07. The summed E-state index contributed by atoms with van der Waals surface area (Å²) in [5.41, 5.74) is 4.94. The summed E-state index contributed by atoms with van der Waals surface area (Å²) in [6, 6.07) is 24.4. The molecule has 0 amide bonds. The lowest BCUT2D eigenvalue weighted by Gasteiger charge is -2.21. The Morgan fingerprint density at radius 1 is 0.895 bits per heavy atom. The third-order valence-electron chi connectivity index (χ3n) is 6.43. The maximum atomic E-state index is 6.44. The van der Waals surface area contributed by atoms with Crippen LogP contribution in [0.5, 0.6) is 11.5 Å². The molecule has 0 saturated heterocycles. The lowest BCUT2D eigenvalue weighted by molar-refractivity contribution is -0.0557. The standard InChI is InChI=1S/C31H33N3O4/c1-5-34-18-27(31-32-22(4)37-33-31)30(38-34)26-16-25(21(2)3)28(35-19-23-12-8-6-9-13-23)17-29(26)36-20-24-14-10-7-11-15-24/h6-17,21H,5,18-20H2,1-4H3. The second-order valence-electron chi connectivity index (χ2n) is 9.58. The van der Waals surface area contributed by atoms with Gasteiger partial charge in [-0.1, -0.05) is 79.7 Å². The van der Waals surface area contributed by atoms with Crippen LogP contribution in [0.25, 0.3) is 11.3 Å². The highest BCUT2D eigenvalue weighted by Crippen LogP contribution is 2.42. The fourth-order valence-electron chi connectivity index (χ4n) is 4.37. The molecule has 1 aromatic heterocycles. The molecule has 0 saturated carbocycles. The van der Waals surface area contributed by atoms with Crippen LogP contribution in [0.3, 0.4) is 0 Å². The van der Waals surface area contributed by atoms with Crippen LogP contribution in [0.1, 0.15) is 60.7 Å². The SMILES string of the molecule is CCN1CC(c2noc(C)n2)=C(c2cc(C(C)C)c(OCc3ccccc3)cc2OCc2ccccc2)O1. The van der Waals surface area contributed by atoms with Gasteiger partial charge in [0.05, 0.1) is 17.7 Å². The number of benzene rings is 3. The van der Waals surface area contributed by atoms with Gasteiger partial charge in [0.2, 0.25) is 11.7 Å². The van der Waals surface area contributed by atoms with E-state index in [9.17, 15) is 0 Å². The van der Waals surface area contributed by atoms with E-state index in [0.717, 1.165) is 33.6 Å². The monoisotopic (exact) mass is 511 g/mol. The molecule has 0 N–H and O–H groups in total. The van der Waals surface area contributed by atoms with Gasteiger partial charge in [0, 0.05) is 19.5 Å². The summed E-state index contributed by atoms with van der Waals surface area (Å²) >= 11 is 0. The molecule has 1 aliphatic rings. The molecule has 7 heteroatoms. The number of hydrogen-bond acceptors (Lipinski definition) is 7. The van der Waals surface area contributed by atoms with Crippen LogP contribution in [-0.2, 0) is 18.1 Å². The van der Waals surface area contributed by atoms with Crippen LogP contribution in [-0.4, -0.2) is 28.3 Å². The molecule has 196 valence electrons. The number of rotatable bonds is 10. The number of likely N-dealkylation sites (N-methyl/N-ethyl adjacent to an activating group) is 1. The van der Waals surface area contributed by atoms with Crippen molar-refractivity contribution in [3.8, 4) is 11.5 Å². The van der Waals surface area contributed by atoms with Gasteiger partial charge < -0.3 is 18.8 Å². The van der Waals surface area contributed by atoms with E-state index in [4.69, 9.17) is 18.8 Å². The fraction of sp³-hybridized carbons (Fsp3) is 0.290. The summed E-state index contributed by atoms with van der Waals surface area (Å²) in [6.07, 6.45) is 0. The van der Waals surface area contributed by atoms with Crippen molar-refractivity contribution in [2.24, 2.45) is 0 Å². The number of hydroxylamine groups is 2. The molecule has 5 rings (SSSR count). The van der Waals surface area contributed by atoms with Gasteiger partial charge in [-0.3, -0.25) is 0 Å². The molecular weight excluding hydrogens is 478 g/mol. The van der Waals surface area contributed by atoms with Crippen LogP contribution in [0.4, 0.5) is 0 Å². The van der Waals surface area contributed by atoms with Gasteiger partial charge in [-0.2, -0.15) is 4.98 Å². The summed E-state index contributed by atoms with van der Waals surface area (Å²) in [5.74, 6) is 3.38. The zero-order chi connectivity index (χ0) is 26.5. The smallest absolute Gasteiger partial charge is 0.223 e. The Bertz CT molecular complexity index is 1400. The quantitative estimate of drug-likeness (QED) is 0.232. The molecule has 7 nitrogen and oxygen atoms in total. The summed E-state index contributed by atoms with van der Waals surface area (Å²) in [6.45, 7) is 10.3. The van der Waals surface area contributed by atoms with Gasteiger partial charge in [-0.05, 0) is 35.6 Å².